The maximum atomic E-state index is 3.72. The van der Waals surface area contributed by atoms with Crippen LogP contribution in [-0.2, 0) is 0 Å². The quantitative estimate of drug-likeness (QED) is 0.763. The summed E-state index contributed by atoms with van der Waals surface area (Å²) in [7, 11) is 0. The summed E-state index contributed by atoms with van der Waals surface area (Å²) in [6.07, 6.45) is 8.53. The molecule has 1 heterocycles. The summed E-state index contributed by atoms with van der Waals surface area (Å²) in [5.74, 6) is 0.929. The number of fused-ring (bicyclic) bond motifs is 1. The number of benzene rings is 1. The zero-order chi connectivity index (χ0) is 13.8. The molecule has 1 saturated carbocycles. The molecular weight excluding hydrogens is 262 g/mol. The monoisotopic (exact) mass is 287 g/mol. The molecule has 20 heavy (non-hydrogen) atoms. The third-order valence-electron chi connectivity index (χ3n) is 4.53. The van der Waals surface area contributed by atoms with Crippen molar-refractivity contribution in [3.63, 3.8) is 0 Å². The highest BCUT2D eigenvalue weighted by Gasteiger charge is 2.21. The standard InChI is InChI=1S/C18H25NS/c1-2-19-16(12-14-8-4-3-5-9-14)18-13-15-10-6-7-11-17(15)20-18/h6-7,10-11,13-14,16,19H,2-5,8-9,12H2,1H3. The first-order valence-corrected chi connectivity index (χ1v) is 8.90. The predicted octanol–water partition coefficient (Wildman–Crippen LogP) is 5.52. The van der Waals surface area contributed by atoms with Crippen LogP contribution in [0.25, 0.3) is 10.1 Å². The van der Waals surface area contributed by atoms with Gasteiger partial charge in [0, 0.05) is 15.6 Å². The minimum absolute atomic E-state index is 0.556. The molecule has 0 bridgehead atoms. The Morgan fingerprint density at radius 3 is 2.75 bits per heavy atom. The molecule has 0 spiro atoms. The number of hydrogen-bond acceptors (Lipinski definition) is 2. The zero-order valence-corrected chi connectivity index (χ0v) is 13.2. The van der Waals surface area contributed by atoms with Crippen LogP contribution in [0.1, 0.15) is 56.4 Å². The summed E-state index contributed by atoms with van der Waals surface area (Å²) >= 11 is 1.97. The van der Waals surface area contributed by atoms with Crippen molar-refractivity contribution in [3.8, 4) is 0 Å². The molecule has 1 nitrogen and oxygen atoms in total. The van der Waals surface area contributed by atoms with Gasteiger partial charge in [-0.1, -0.05) is 57.2 Å². The van der Waals surface area contributed by atoms with Gasteiger partial charge in [-0.15, -0.1) is 11.3 Å². The van der Waals surface area contributed by atoms with E-state index in [9.17, 15) is 0 Å². The van der Waals surface area contributed by atoms with Crippen molar-refractivity contribution in [2.45, 2.75) is 51.5 Å². The third-order valence-corrected chi connectivity index (χ3v) is 5.76. The molecule has 1 unspecified atom stereocenters. The minimum atomic E-state index is 0.556. The van der Waals surface area contributed by atoms with Crippen molar-refractivity contribution in [2.24, 2.45) is 5.92 Å². The summed E-state index contributed by atoms with van der Waals surface area (Å²) < 4.78 is 1.43. The predicted molar refractivity (Wildman–Crippen MR) is 89.4 cm³/mol. The lowest BCUT2D eigenvalue weighted by Crippen LogP contribution is -2.23. The van der Waals surface area contributed by atoms with E-state index in [4.69, 9.17) is 0 Å². The Kier molecular flexibility index (Phi) is 4.74. The fourth-order valence-corrected chi connectivity index (χ4v) is 4.63. The second-order valence-electron chi connectivity index (χ2n) is 6.04. The molecule has 1 aromatic carbocycles. The van der Waals surface area contributed by atoms with Gasteiger partial charge in [0.25, 0.3) is 0 Å². The second-order valence-corrected chi connectivity index (χ2v) is 7.15. The Morgan fingerprint density at radius 1 is 1.20 bits per heavy atom. The van der Waals surface area contributed by atoms with Gasteiger partial charge in [-0.25, -0.2) is 0 Å². The molecule has 1 atom stereocenters. The summed E-state index contributed by atoms with van der Waals surface area (Å²) in [5, 5.41) is 5.12. The molecule has 1 aliphatic carbocycles. The van der Waals surface area contributed by atoms with E-state index >= 15 is 0 Å². The molecule has 1 aliphatic rings. The number of rotatable bonds is 5. The molecular formula is C18H25NS. The summed E-state index contributed by atoms with van der Waals surface area (Å²) in [5.41, 5.74) is 0. The molecule has 0 aliphatic heterocycles. The first-order valence-electron chi connectivity index (χ1n) is 8.08. The van der Waals surface area contributed by atoms with Crippen molar-refractivity contribution >= 4 is 21.4 Å². The zero-order valence-electron chi connectivity index (χ0n) is 12.4. The van der Waals surface area contributed by atoms with Crippen LogP contribution < -0.4 is 5.32 Å². The fourth-order valence-electron chi connectivity index (χ4n) is 3.48. The lowest BCUT2D eigenvalue weighted by atomic mass is 9.84. The summed E-state index contributed by atoms with van der Waals surface area (Å²) in [6, 6.07) is 11.7. The smallest absolute Gasteiger partial charge is 0.0417 e. The van der Waals surface area contributed by atoms with E-state index in [1.807, 2.05) is 11.3 Å². The van der Waals surface area contributed by atoms with E-state index in [2.05, 4.69) is 42.6 Å². The highest BCUT2D eigenvalue weighted by Crippen LogP contribution is 2.36. The van der Waals surface area contributed by atoms with Crippen LogP contribution >= 0.6 is 11.3 Å². The second kappa shape index (κ2) is 6.73. The van der Waals surface area contributed by atoms with E-state index in [1.165, 1.54) is 53.5 Å². The first kappa shape index (κ1) is 14.1. The maximum absolute atomic E-state index is 3.72. The molecule has 1 aromatic heterocycles. The van der Waals surface area contributed by atoms with Gasteiger partial charge in [-0.05, 0) is 36.4 Å². The lowest BCUT2D eigenvalue weighted by molar-refractivity contribution is 0.303. The van der Waals surface area contributed by atoms with Crippen molar-refractivity contribution in [2.75, 3.05) is 6.54 Å². The van der Waals surface area contributed by atoms with E-state index < -0.39 is 0 Å². The van der Waals surface area contributed by atoms with Gasteiger partial charge in [-0.2, -0.15) is 0 Å². The molecule has 108 valence electrons. The van der Waals surface area contributed by atoms with Gasteiger partial charge in [0.1, 0.15) is 0 Å². The highest BCUT2D eigenvalue weighted by atomic mass is 32.1. The van der Waals surface area contributed by atoms with Crippen LogP contribution in [-0.4, -0.2) is 6.54 Å². The Hall–Kier alpha value is -0.860. The van der Waals surface area contributed by atoms with Crippen molar-refractivity contribution in [3.05, 3.63) is 35.2 Å². The molecule has 0 amide bonds. The highest BCUT2D eigenvalue weighted by molar-refractivity contribution is 7.19. The number of nitrogens with one attached hydrogen (secondary N) is 1. The van der Waals surface area contributed by atoms with E-state index in [-0.39, 0.29) is 0 Å². The maximum Gasteiger partial charge on any atom is 0.0417 e. The topological polar surface area (TPSA) is 12.0 Å². The Balaban J connectivity index is 1.77. The average molecular weight is 287 g/mol. The van der Waals surface area contributed by atoms with Crippen LogP contribution in [0.5, 0.6) is 0 Å². The lowest BCUT2D eigenvalue weighted by Gasteiger charge is -2.26. The van der Waals surface area contributed by atoms with Gasteiger partial charge >= 0.3 is 0 Å². The van der Waals surface area contributed by atoms with Gasteiger partial charge in [0.2, 0.25) is 0 Å². The van der Waals surface area contributed by atoms with E-state index in [0.717, 1.165) is 12.5 Å². The fraction of sp³-hybridized carbons (Fsp3) is 0.556. The Morgan fingerprint density at radius 2 is 2.00 bits per heavy atom. The Bertz CT molecular complexity index is 506. The summed E-state index contributed by atoms with van der Waals surface area (Å²) in [4.78, 5) is 1.53. The average Bonchev–Trinajstić information content (AvgIpc) is 2.92. The molecule has 1 N–H and O–H groups in total. The minimum Gasteiger partial charge on any atom is -0.310 e. The molecule has 3 rings (SSSR count). The normalized spacial score (nSPS) is 18.4. The molecule has 0 saturated heterocycles. The van der Waals surface area contributed by atoms with Crippen LogP contribution in [0, 0.1) is 5.92 Å². The van der Waals surface area contributed by atoms with Gasteiger partial charge in [0.15, 0.2) is 0 Å². The van der Waals surface area contributed by atoms with Crippen molar-refractivity contribution < 1.29 is 0 Å². The molecule has 2 aromatic rings. The SMILES string of the molecule is CCNC(CC1CCCCC1)c1cc2ccccc2s1. The summed E-state index contributed by atoms with van der Waals surface area (Å²) in [6.45, 7) is 3.28. The van der Waals surface area contributed by atoms with Crippen molar-refractivity contribution in [1.29, 1.82) is 0 Å². The van der Waals surface area contributed by atoms with Crippen LogP contribution in [0.4, 0.5) is 0 Å². The van der Waals surface area contributed by atoms with Crippen LogP contribution in [0.15, 0.2) is 30.3 Å². The van der Waals surface area contributed by atoms with E-state index in [0.29, 0.717) is 6.04 Å². The van der Waals surface area contributed by atoms with Crippen molar-refractivity contribution in [1.82, 2.24) is 5.32 Å². The Labute approximate surface area is 126 Å². The number of hydrogen-bond donors (Lipinski definition) is 1. The third kappa shape index (κ3) is 3.24. The van der Waals surface area contributed by atoms with Crippen LogP contribution in [0.2, 0.25) is 0 Å². The largest absolute Gasteiger partial charge is 0.310 e. The van der Waals surface area contributed by atoms with Gasteiger partial charge in [-0.3, -0.25) is 0 Å². The van der Waals surface area contributed by atoms with Gasteiger partial charge in [0.05, 0.1) is 0 Å². The number of thiophene rings is 1. The van der Waals surface area contributed by atoms with Crippen LogP contribution in [0.3, 0.4) is 0 Å². The molecule has 1 fully saturated rings. The van der Waals surface area contributed by atoms with E-state index in [1.54, 1.807) is 0 Å². The first-order chi connectivity index (χ1) is 9.86. The molecule has 2 heteroatoms. The van der Waals surface area contributed by atoms with Gasteiger partial charge < -0.3 is 5.32 Å². The molecule has 0 radical (unpaired) electrons.